The fraction of sp³-hybridized carbons (Fsp3) is 0.182. The summed E-state index contributed by atoms with van der Waals surface area (Å²) in [6.45, 7) is 0. The number of benzene rings is 1. The number of oxazole rings is 1. The van der Waals surface area contributed by atoms with Crippen LogP contribution in [0.25, 0.3) is 11.1 Å². The summed E-state index contributed by atoms with van der Waals surface area (Å²) in [7, 11) is 0. The lowest BCUT2D eigenvalue weighted by atomic mass is 10.3. The predicted molar refractivity (Wildman–Crippen MR) is 59.5 cm³/mol. The van der Waals surface area contributed by atoms with Crippen molar-refractivity contribution in [3.05, 3.63) is 42.5 Å². The SMILES string of the molecule is BrC1(c2nc3ccccc3o2)CC=CO1. The normalized spacial score (nSPS) is 24.6. The van der Waals surface area contributed by atoms with Crippen molar-refractivity contribution in [1.82, 2.24) is 4.98 Å². The van der Waals surface area contributed by atoms with E-state index < -0.39 is 4.51 Å². The molecule has 0 bridgehead atoms. The Balaban J connectivity index is 2.12. The van der Waals surface area contributed by atoms with Crippen LogP contribution < -0.4 is 0 Å². The molecule has 0 N–H and O–H groups in total. The van der Waals surface area contributed by atoms with Crippen molar-refractivity contribution in [3.8, 4) is 0 Å². The zero-order chi connectivity index (χ0) is 10.3. The monoisotopic (exact) mass is 265 g/mol. The van der Waals surface area contributed by atoms with Gasteiger partial charge in [0.25, 0.3) is 5.89 Å². The van der Waals surface area contributed by atoms with Crippen LogP contribution in [0.5, 0.6) is 0 Å². The van der Waals surface area contributed by atoms with Gasteiger partial charge in [-0.05, 0) is 34.1 Å². The van der Waals surface area contributed by atoms with E-state index in [1.165, 1.54) is 0 Å². The predicted octanol–water partition coefficient (Wildman–Crippen LogP) is 3.31. The van der Waals surface area contributed by atoms with Crippen LogP contribution in [-0.2, 0) is 9.25 Å². The number of nitrogens with zero attached hydrogens (tertiary/aromatic N) is 1. The van der Waals surface area contributed by atoms with Gasteiger partial charge in [-0.3, -0.25) is 0 Å². The van der Waals surface area contributed by atoms with Gasteiger partial charge in [0.2, 0.25) is 4.51 Å². The summed E-state index contributed by atoms with van der Waals surface area (Å²) in [5.74, 6) is 0.564. The first kappa shape index (κ1) is 8.97. The number of hydrogen-bond donors (Lipinski definition) is 0. The average Bonchev–Trinajstić information content (AvgIpc) is 2.84. The van der Waals surface area contributed by atoms with Crippen molar-refractivity contribution in [2.75, 3.05) is 0 Å². The Morgan fingerprint density at radius 2 is 2.20 bits per heavy atom. The lowest BCUT2D eigenvalue weighted by Gasteiger charge is -2.16. The molecular weight excluding hydrogens is 258 g/mol. The van der Waals surface area contributed by atoms with E-state index >= 15 is 0 Å². The maximum absolute atomic E-state index is 5.63. The number of rotatable bonds is 1. The molecule has 0 fully saturated rings. The molecule has 1 unspecified atom stereocenters. The molecule has 0 saturated carbocycles. The smallest absolute Gasteiger partial charge is 0.251 e. The van der Waals surface area contributed by atoms with Crippen LogP contribution in [0, 0.1) is 0 Å². The van der Waals surface area contributed by atoms with Gasteiger partial charge in [0, 0.05) is 6.42 Å². The van der Waals surface area contributed by atoms with Crippen LogP contribution in [0.1, 0.15) is 12.3 Å². The Hall–Kier alpha value is -1.29. The first-order chi connectivity index (χ1) is 7.28. The number of para-hydroxylation sites is 2. The number of alkyl halides is 1. The van der Waals surface area contributed by atoms with E-state index in [0.717, 1.165) is 17.5 Å². The van der Waals surface area contributed by atoms with Crippen LogP contribution in [0.4, 0.5) is 0 Å². The molecule has 0 amide bonds. The van der Waals surface area contributed by atoms with E-state index in [4.69, 9.17) is 9.15 Å². The van der Waals surface area contributed by atoms with Gasteiger partial charge < -0.3 is 9.15 Å². The highest BCUT2D eigenvalue weighted by Crippen LogP contribution is 2.40. The third kappa shape index (κ3) is 1.36. The highest BCUT2D eigenvalue weighted by atomic mass is 79.9. The average molecular weight is 266 g/mol. The highest BCUT2D eigenvalue weighted by Gasteiger charge is 2.37. The molecule has 0 spiro atoms. The van der Waals surface area contributed by atoms with Gasteiger partial charge >= 0.3 is 0 Å². The molecule has 1 aromatic heterocycles. The molecular formula is C11H8BrNO2. The van der Waals surface area contributed by atoms with Crippen molar-refractivity contribution in [2.45, 2.75) is 10.9 Å². The molecule has 0 saturated heterocycles. The minimum absolute atomic E-state index is 0.564. The molecule has 76 valence electrons. The van der Waals surface area contributed by atoms with Crippen molar-refractivity contribution in [1.29, 1.82) is 0 Å². The molecule has 1 aromatic carbocycles. The maximum Gasteiger partial charge on any atom is 0.251 e. The minimum atomic E-state index is -0.619. The van der Waals surface area contributed by atoms with Gasteiger partial charge in [-0.25, -0.2) is 4.98 Å². The topological polar surface area (TPSA) is 35.3 Å². The Labute approximate surface area is 94.9 Å². The van der Waals surface area contributed by atoms with Crippen molar-refractivity contribution < 1.29 is 9.15 Å². The molecule has 0 aliphatic carbocycles. The molecule has 3 nitrogen and oxygen atoms in total. The second-order valence-corrected chi connectivity index (χ2v) is 4.69. The van der Waals surface area contributed by atoms with Crippen molar-refractivity contribution >= 4 is 27.0 Å². The van der Waals surface area contributed by atoms with Crippen LogP contribution in [0.2, 0.25) is 0 Å². The van der Waals surface area contributed by atoms with Crippen LogP contribution >= 0.6 is 15.9 Å². The summed E-state index contributed by atoms with van der Waals surface area (Å²) < 4.78 is 10.4. The first-order valence-corrected chi connectivity index (χ1v) is 5.45. The standard InChI is InChI=1S/C11H8BrNO2/c12-11(6-3-7-14-11)10-13-8-4-1-2-5-9(8)15-10/h1-5,7H,6H2. The lowest BCUT2D eigenvalue weighted by Crippen LogP contribution is -2.15. The number of hydrogen-bond acceptors (Lipinski definition) is 3. The Bertz CT molecular complexity index is 491. The first-order valence-electron chi connectivity index (χ1n) is 4.66. The van der Waals surface area contributed by atoms with E-state index in [9.17, 15) is 0 Å². The second-order valence-electron chi connectivity index (χ2n) is 3.41. The lowest BCUT2D eigenvalue weighted by molar-refractivity contribution is 0.115. The van der Waals surface area contributed by atoms with Crippen LogP contribution in [-0.4, -0.2) is 4.98 Å². The van der Waals surface area contributed by atoms with E-state index in [2.05, 4.69) is 20.9 Å². The van der Waals surface area contributed by atoms with Gasteiger partial charge in [-0.2, -0.15) is 0 Å². The summed E-state index contributed by atoms with van der Waals surface area (Å²) >= 11 is 3.49. The van der Waals surface area contributed by atoms with Crippen LogP contribution in [0.3, 0.4) is 0 Å². The summed E-state index contributed by atoms with van der Waals surface area (Å²) in [5.41, 5.74) is 1.63. The van der Waals surface area contributed by atoms with Gasteiger partial charge in [0.15, 0.2) is 5.58 Å². The van der Waals surface area contributed by atoms with E-state index in [0.29, 0.717) is 5.89 Å². The van der Waals surface area contributed by atoms with E-state index in [1.54, 1.807) is 6.26 Å². The van der Waals surface area contributed by atoms with Crippen molar-refractivity contribution in [2.24, 2.45) is 0 Å². The molecule has 0 radical (unpaired) electrons. The summed E-state index contributed by atoms with van der Waals surface area (Å²) in [4.78, 5) is 4.39. The summed E-state index contributed by atoms with van der Waals surface area (Å²) in [6.07, 6.45) is 4.31. The van der Waals surface area contributed by atoms with Gasteiger partial charge in [-0.1, -0.05) is 12.1 Å². The van der Waals surface area contributed by atoms with E-state index in [-0.39, 0.29) is 0 Å². The Morgan fingerprint density at radius 3 is 2.93 bits per heavy atom. The zero-order valence-electron chi connectivity index (χ0n) is 7.81. The van der Waals surface area contributed by atoms with Gasteiger partial charge in [0.05, 0.1) is 6.26 Å². The van der Waals surface area contributed by atoms with Crippen LogP contribution in [0.15, 0.2) is 41.0 Å². The van der Waals surface area contributed by atoms with Gasteiger partial charge in [-0.15, -0.1) is 0 Å². The van der Waals surface area contributed by atoms with Gasteiger partial charge in [0.1, 0.15) is 5.52 Å². The number of aromatic nitrogens is 1. The molecule has 1 aliphatic rings. The molecule has 2 heterocycles. The third-order valence-corrected chi connectivity index (χ3v) is 3.19. The zero-order valence-corrected chi connectivity index (χ0v) is 9.40. The van der Waals surface area contributed by atoms with E-state index in [1.807, 2.05) is 30.3 Å². The molecule has 3 rings (SSSR count). The number of fused-ring (bicyclic) bond motifs is 1. The quantitative estimate of drug-likeness (QED) is 0.743. The second kappa shape index (κ2) is 3.10. The number of halogens is 1. The summed E-state index contributed by atoms with van der Waals surface area (Å²) in [5, 5.41) is 0. The fourth-order valence-electron chi connectivity index (χ4n) is 1.57. The van der Waals surface area contributed by atoms with Crippen molar-refractivity contribution in [3.63, 3.8) is 0 Å². The highest BCUT2D eigenvalue weighted by molar-refractivity contribution is 9.09. The summed E-state index contributed by atoms with van der Waals surface area (Å²) in [6, 6.07) is 7.67. The molecule has 15 heavy (non-hydrogen) atoms. The number of ether oxygens (including phenoxy) is 1. The molecule has 1 aliphatic heterocycles. The largest absolute Gasteiger partial charge is 0.474 e. The Kier molecular flexibility index (Phi) is 1.85. The molecule has 2 aromatic rings. The fourth-order valence-corrected chi connectivity index (χ4v) is 2.04. The maximum atomic E-state index is 5.63. The minimum Gasteiger partial charge on any atom is -0.474 e. The Morgan fingerprint density at radius 1 is 1.33 bits per heavy atom. The molecule has 4 heteroatoms. The third-order valence-electron chi connectivity index (χ3n) is 2.34. The molecule has 1 atom stereocenters.